The molecule has 6 heterocycles. The number of fused-ring (bicyclic) bond motifs is 3. The zero-order valence-corrected chi connectivity index (χ0v) is 42.9. The third kappa shape index (κ3) is 11.1. The lowest BCUT2D eigenvalue weighted by molar-refractivity contribution is -0.143. The number of H-pyrrole nitrogens is 1. The Balaban J connectivity index is 0.819. The van der Waals surface area contributed by atoms with Crippen molar-refractivity contribution in [2.75, 3.05) is 57.8 Å². The van der Waals surface area contributed by atoms with Crippen molar-refractivity contribution >= 4 is 77.1 Å². The summed E-state index contributed by atoms with van der Waals surface area (Å²) < 4.78 is 62.7. The van der Waals surface area contributed by atoms with Crippen LogP contribution in [-0.4, -0.2) is 159 Å². The van der Waals surface area contributed by atoms with E-state index in [0.717, 1.165) is 18.2 Å². The molecule has 0 aliphatic carbocycles. The number of ether oxygens (including phenoxy) is 1. The van der Waals surface area contributed by atoms with E-state index in [0.29, 0.717) is 74.0 Å². The van der Waals surface area contributed by atoms with Crippen molar-refractivity contribution in [3.63, 3.8) is 0 Å². The van der Waals surface area contributed by atoms with Crippen molar-refractivity contribution in [2.45, 2.75) is 93.9 Å². The van der Waals surface area contributed by atoms with Crippen LogP contribution in [0.5, 0.6) is 5.75 Å². The van der Waals surface area contributed by atoms with Gasteiger partial charge in [-0.05, 0) is 82.1 Å². The zero-order valence-electron chi connectivity index (χ0n) is 41.2. The first-order chi connectivity index (χ1) is 36.1. The number of benzene rings is 3. The molecule has 1 unspecified atom stereocenters. The van der Waals surface area contributed by atoms with Crippen molar-refractivity contribution < 1.29 is 65.8 Å². The lowest BCUT2D eigenvalue weighted by atomic mass is 10.0. The molecule has 3 aromatic carbocycles. The molecule has 1 aromatic heterocycles. The Labute approximate surface area is 438 Å². The summed E-state index contributed by atoms with van der Waals surface area (Å²) in [7, 11) is -4.07. The summed E-state index contributed by atoms with van der Waals surface area (Å²) in [6.45, 7) is 2.78. The molecule has 4 aromatic rings. The predicted octanol–water partition coefficient (Wildman–Crippen LogP) is 2.89. The number of nitrogens with two attached hydrogens (primary N) is 1. The fraction of sp³-hybridized carbons (Fsp3) is 0.460. The van der Waals surface area contributed by atoms with Crippen molar-refractivity contribution in [3.05, 3.63) is 93.4 Å². The zero-order chi connectivity index (χ0) is 54.4. The van der Waals surface area contributed by atoms with Crippen LogP contribution < -0.4 is 31.3 Å². The number of nitrogens with zero attached hydrogens (tertiary/aromatic N) is 5. The molecule has 0 radical (unpaired) electrons. The fourth-order valence-corrected chi connectivity index (χ4v) is 11.5. The molecule has 7 amide bonds. The van der Waals surface area contributed by atoms with Crippen molar-refractivity contribution in [1.29, 1.82) is 0 Å². The van der Waals surface area contributed by atoms with Crippen LogP contribution >= 0.6 is 19.2 Å². The summed E-state index contributed by atoms with van der Waals surface area (Å²) in [5, 5.41) is 8.32. The molecular weight excluding hydrogens is 1040 g/mol. The van der Waals surface area contributed by atoms with E-state index in [1.54, 1.807) is 31.3 Å². The maximum absolute atomic E-state index is 16.0. The average molecular weight is 1100 g/mol. The number of hydrogen-bond acceptors (Lipinski definition) is 12. The van der Waals surface area contributed by atoms with E-state index in [1.807, 2.05) is 11.0 Å². The van der Waals surface area contributed by atoms with Gasteiger partial charge in [-0.1, -0.05) is 29.8 Å². The van der Waals surface area contributed by atoms with E-state index in [9.17, 15) is 56.7 Å². The molecule has 21 nitrogen and oxygen atoms in total. The Bertz CT molecular complexity index is 3040. The minimum atomic E-state index is -5.86. The second-order valence-corrected chi connectivity index (χ2v) is 22.0. The molecule has 76 heavy (non-hydrogen) atoms. The number of halogens is 4. The van der Waals surface area contributed by atoms with E-state index in [1.165, 1.54) is 15.9 Å². The summed E-state index contributed by atoms with van der Waals surface area (Å²) in [5.41, 5.74) is 1.74. The molecule has 4 fully saturated rings. The molecule has 9 rings (SSSR count). The first-order valence-electron chi connectivity index (χ1n) is 24.9. The molecule has 0 bridgehead atoms. The highest BCUT2D eigenvalue weighted by Crippen LogP contribution is 2.59. The summed E-state index contributed by atoms with van der Waals surface area (Å²) in [6.07, 6.45) is 1.59. The first kappa shape index (κ1) is 54.2. The second-order valence-electron chi connectivity index (χ2n) is 20.0. The number of anilines is 1. The van der Waals surface area contributed by atoms with Gasteiger partial charge >= 0.3 is 13.3 Å². The number of hydrogen-bond donors (Lipinski definition) is 7. The van der Waals surface area contributed by atoms with Crippen LogP contribution in [0.25, 0.3) is 10.9 Å². The molecule has 0 saturated carbocycles. The number of piperazine rings is 1. The Hall–Kier alpha value is -6.56. The summed E-state index contributed by atoms with van der Waals surface area (Å²) >= 11 is 6.98. The van der Waals surface area contributed by atoms with E-state index >= 15 is 4.39 Å². The molecule has 5 aliphatic rings. The number of piperidine rings is 1. The Morgan fingerprint density at radius 3 is 2.47 bits per heavy atom. The molecular formula is C50H57ClF3N10O11P. The van der Waals surface area contributed by atoms with Gasteiger partial charge in [0, 0.05) is 91.3 Å². The van der Waals surface area contributed by atoms with Gasteiger partial charge in [-0.15, -0.1) is 0 Å². The quantitative estimate of drug-likeness (QED) is 0.0628. The molecule has 4 saturated heterocycles. The number of aromatic nitrogens is 1. The molecule has 5 aliphatic heterocycles. The number of amides is 7. The highest BCUT2D eigenvalue weighted by atomic mass is 35.5. The molecule has 406 valence electrons. The molecule has 0 spiro atoms. The maximum atomic E-state index is 16.0. The largest absolute Gasteiger partial charge is 0.490 e. The SMILES string of the molecule is CN1CC[C@H]2CC[C@@H](C(=O)N[C@@H](CCC(N)=O)COc3cccc(N4CCN(Cc5ccc6c(c5F)CN(C5CCC(=O)NC5=O)C6=O)CC4)c3Cl)N2C(=O)[C@@H](NC(=O)c2cc3cc(C(F)(F)P(=O)(O)O)ccc3[nH]2)C1. The third-order valence-electron chi connectivity index (χ3n) is 14.9. The van der Waals surface area contributed by atoms with E-state index < -0.39 is 90.2 Å². The molecule has 26 heteroatoms. The van der Waals surface area contributed by atoms with Gasteiger partial charge in [-0.3, -0.25) is 48.3 Å². The van der Waals surface area contributed by atoms with Crippen LogP contribution in [0.4, 0.5) is 18.9 Å². The number of aromatic amines is 1. The monoisotopic (exact) mass is 1100 g/mol. The molecule has 8 N–H and O–H groups in total. The van der Waals surface area contributed by atoms with Gasteiger partial charge in [-0.2, -0.15) is 8.78 Å². The molecule has 5 atom stereocenters. The second kappa shape index (κ2) is 21.8. The van der Waals surface area contributed by atoms with Gasteiger partial charge in [0.05, 0.1) is 18.3 Å². The fourth-order valence-electron chi connectivity index (χ4n) is 10.8. The van der Waals surface area contributed by atoms with E-state index in [2.05, 4.69) is 30.7 Å². The van der Waals surface area contributed by atoms with Crippen LogP contribution in [0.15, 0.2) is 54.6 Å². The van der Waals surface area contributed by atoms with Crippen LogP contribution in [-0.2, 0) is 47.3 Å². The topological polar surface area (TPSA) is 280 Å². The summed E-state index contributed by atoms with van der Waals surface area (Å²) in [4.78, 5) is 122. The smallest absolute Gasteiger partial charge is 0.399 e. The average Bonchev–Trinajstić information content (AvgIpc) is 4.10. The highest BCUT2D eigenvalue weighted by molar-refractivity contribution is 7.52. The Morgan fingerprint density at radius 1 is 0.987 bits per heavy atom. The van der Waals surface area contributed by atoms with E-state index in [-0.39, 0.29) is 85.7 Å². The van der Waals surface area contributed by atoms with Crippen LogP contribution in [0, 0.1) is 5.82 Å². The van der Waals surface area contributed by atoms with Gasteiger partial charge in [0.1, 0.15) is 47.0 Å². The van der Waals surface area contributed by atoms with Gasteiger partial charge in [0.15, 0.2) is 0 Å². The Morgan fingerprint density at radius 2 is 1.75 bits per heavy atom. The normalized spacial score (nSPS) is 22.2. The van der Waals surface area contributed by atoms with E-state index in [4.69, 9.17) is 22.1 Å². The van der Waals surface area contributed by atoms with Crippen molar-refractivity contribution in [3.8, 4) is 5.75 Å². The van der Waals surface area contributed by atoms with Gasteiger partial charge in [0.2, 0.25) is 29.5 Å². The number of imide groups is 1. The van der Waals surface area contributed by atoms with Gasteiger partial charge < -0.3 is 55.5 Å². The Kier molecular flexibility index (Phi) is 15.6. The highest BCUT2D eigenvalue weighted by Gasteiger charge is 2.51. The van der Waals surface area contributed by atoms with Crippen LogP contribution in [0.3, 0.4) is 0 Å². The third-order valence-corrected chi connectivity index (χ3v) is 16.3. The number of likely N-dealkylation sites (N-methyl/N-ethyl adjacent to an activating group) is 1. The minimum absolute atomic E-state index is 0.0703. The van der Waals surface area contributed by atoms with Crippen LogP contribution in [0.2, 0.25) is 5.02 Å². The number of alkyl halides is 2. The lowest BCUT2D eigenvalue weighted by Crippen LogP contribution is -2.60. The summed E-state index contributed by atoms with van der Waals surface area (Å²) in [6, 6.07) is 8.46. The number of carbonyl (C=O) groups excluding carboxylic acids is 7. The first-order valence-corrected chi connectivity index (χ1v) is 26.9. The minimum Gasteiger partial charge on any atom is -0.490 e. The standard InChI is InChI=1S/C50H57ClF3N10O11P/c1-60-16-15-31-8-11-39(64(31)49(71)36(25-60)58-45(67)35-22-28-21-29(6-10-34(28)57-35)50(53,54)76(72,73)74)47(69)56-30(7-13-41(55)65)26-75-40-4-2-3-37(43(40)51)62-19-17-61(18-20-62)23-27-5-9-32-33(44(27)52)24-63(48(32)70)38-12-14-42(66)59-46(38)68/h2-6,9-10,21-22,30-31,36,38-39,57H,7-8,11-20,23-26H2,1H3,(H2,55,65)(H,56,69)(H,58,67)(H,59,66,68)(H2,72,73,74)/t30-,31+,36-,38?,39-/m0/s1. The number of primary amides is 1. The van der Waals surface area contributed by atoms with Crippen LogP contribution in [0.1, 0.15) is 82.5 Å². The number of nitrogens with one attached hydrogen (secondary N) is 4. The van der Waals surface area contributed by atoms with Gasteiger partial charge in [-0.25, -0.2) is 4.39 Å². The predicted molar refractivity (Wildman–Crippen MR) is 269 cm³/mol. The number of carbonyl (C=O) groups is 7. The summed E-state index contributed by atoms with van der Waals surface area (Å²) in [5.74, 6) is -4.03. The van der Waals surface area contributed by atoms with Crippen molar-refractivity contribution in [2.24, 2.45) is 5.73 Å². The lowest BCUT2D eigenvalue weighted by Gasteiger charge is -2.38. The number of rotatable bonds is 16. The van der Waals surface area contributed by atoms with Crippen molar-refractivity contribution in [1.82, 2.24) is 40.5 Å². The maximum Gasteiger partial charge on any atom is 0.399 e. The van der Waals surface area contributed by atoms with Gasteiger partial charge in [0.25, 0.3) is 11.8 Å².